The molecule has 0 aromatic carbocycles. The summed E-state index contributed by atoms with van der Waals surface area (Å²) < 4.78 is 71.5. The van der Waals surface area contributed by atoms with Gasteiger partial charge in [0.2, 0.25) is 17.8 Å². The second kappa shape index (κ2) is 5.32. The first-order valence-electron chi connectivity index (χ1n) is 4.68. The molecule has 0 aliphatic heterocycles. The lowest BCUT2D eigenvalue weighted by atomic mass is 10.6. The molecule has 0 fully saturated rings. The average Bonchev–Trinajstić information content (AvgIpc) is 2.21. The van der Waals surface area contributed by atoms with Gasteiger partial charge < -0.3 is 16.4 Å². The Balaban J connectivity index is 2.71. The van der Waals surface area contributed by atoms with E-state index in [-0.39, 0.29) is 0 Å². The molecule has 4 N–H and O–H groups in total. The van der Waals surface area contributed by atoms with Crippen molar-refractivity contribution in [1.82, 2.24) is 15.0 Å². The van der Waals surface area contributed by atoms with Crippen LogP contribution in [0.25, 0.3) is 0 Å². The predicted octanol–water partition coefficient (Wildman–Crippen LogP) is 1.40. The molecule has 1 rings (SSSR count). The highest BCUT2D eigenvalue weighted by Crippen LogP contribution is 2.17. The Labute approximate surface area is 102 Å². The molecule has 0 radical (unpaired) electrons. The fourth-order valence-electron chi connectivity index (χ4n) is 0.909. The number of nitrogen functional groups attached to an aromatic ring is 1. The van der Waals surface area contributed by atoms with E-state index in [1.807, 2.05) is 0 Å². The smallest absolute Gasteiger partial charge is 0.368 e. The number of nitrogens with two attached hydrogens (primary N) is 1. The number of rotatable bonds is 4. The van der Waals surface area contributed by atoms with Crippen LogP contribution in [0.3, 0.4) is 0 Å². The molecule has 0 aliphatic carbocycles. The number of halogens is 6. The summed E-state index contributed by atoms with van der Waals surface area (Å²) in [5, 5.41) is 3.55. The van der Waals surface area contributed by atoms with Gasteiger partial charge in [-0.25, -0.2) is 0 Å². The van der Waals surface area contributed by atoms with Crippen LogP contribution in [0.1, 0.15) is 0 Å². The molecule has 12 heteroatoms. The second-order valence-corrected chi connectivity index (χ2v) is 3.28. The highest BCUT2D eigenvalue weighted by molar-refractivity contribution is 5.39. The highest BCUT2D eigenvalue weighted by atomic mass is 19.4. The zero-order valence-electron chi connectivity index (χ0n) is 9.10. The van der Waals surface area contributed by atoms with E-state index in [1.54, 1.807) is 10.6 Å². The topological polar surface area (TPSA) is 88.8 Å². The van der Waals surface area contributed by atoms with Crippen molar-refractivity contribution in [1.29, 1.82) is 0 Å². The lowest BCUT2D eigenvalue weighted by molar-refractivity contribution is -0.115. The van der Waals surface area contributed by atoms with Crippen molar-refractivity contribution in [3.63, 3.8) is 0 Å². The number of anilines is 3. The molecule has 1 heterocycles. The van der Waals surface area contributed by atoms with Crippen molar-refractivity contribution in [3.05, 3.63) is 0 Å². The standard InChI is InChI=1S/C7H8F6N6/c8-6(9,10)1-15-4-17-3(14)18-5(19-4)16-2-7(11,12)13/h1-2H2,(H4,14,15,16,17,18,19). The maximum atomic E-state index is 11.9. The van der Waals surface area contributed by atoms with E-state index in [4.69, 9.17) is 5.73 Å². The highest BCUT2D eigenvalue weighted by Gasteiger charge is 2.28. The van der Waals surface area contributed by atoms with E-state index in [0.717, 1.165) is 0 Å². The first-order chi connectivity index (χ1) is 8.55. The molecule has 0 unspecified atom stereocenters. The van der Waals surface area contributed by atoms with Crippen LogP contribution in [0.5, 0.6) is 0 Å². The van der Waals surface area contributed by atoms with E-state index >= 15 is 0 Å². The number of alkyl halides is 6. The largest absolute Gasteiger partial charge is 0.405 e. The third-order valence-corrected chi connectivity index (χ3v) is 1.55. The van der Waals surface area contributed by atoms with E-state index < -0.39 is 43.3 Å². The predicted molar refractivity (Wildman–Crippen MR) is 53.3 cm³/mol. The maximum absolute atomic E-state index is 11.9. The van der Waals surface area contributed by atoms with Crippen LogP contribution in [-0.4, -0.2) is 40.4 Å². The quantitative estimate of drug-likeness (QED) is 0.726. The third-order valence-electron chi connectivity index (χ3n) is 1.55. The van der Waals surface area contributed by atoms with Crippen molar-refractivity contribution in [2.45, 2.75) is 12.4 Å². The number of hydrogen-bond donors (Lipinski definition) is 3. The minimum absolute atomic E-state index is 0.510. The Morgan fingerprint density at radius 3 is 1.47 bits per heavy atom. The summed E-state index contributed by atoms with van der Waals surface area (Å²) in [7, 11) is 0. The van der Waals surface area contributed by atoms with E-state index in [9.17, 15) is 26.3 Å². The molecule has 0 aliphatic rings. The maximum Gasteiger partial charge on any atom is 0.405 e. The van der Waals surface area contributed by atoms with Gasteiger partial charge in [0.05, 0.1) is 0 Å². The van der Waals surface area contributed by atoms with Crippen molar-refractivity contribution in [3.8, 4) is 0 Å². The van der Waals surface area contributed by atoms with Gasteiger partial charge >= 0.3 is 12.4 Å². The molecule has 6 nitrogen and oxygen atoms in total. The van der Waals surface area contributed by atoms with Gasteiger partial charge in [-0.1, -0.05) is 0 Å². The molecular formula is C7H8F6N6. The number of nitrogens with zero attached hydrogens (tertiary/aromatic N) is 3. The number of hydrogen-bond acceptors (Lipinski definition) is 6. The van der Waals surface area contributed by atoms with Crippen molar-refractivity contribution >= 4 is 17.8 Å². The Morgan fingerprint density at radius 2 is 1.16 bits per heavy atom. The lowest BCUT2D eigenvalue weighted by Crippen LogP contribution is -2.25. The fraction of sp³-hybridized carbons (Fsp3) is 0.571. The molecule has 108 valence electrons. The van der Waals surface area contributed by atoms with Crippen LogP contribution in [0.15, 0.2) is 0 Å². The fourth-order valence-corrected chi connectivity index (χ4v) is 0.909. The van der Waals surface area contributed by atoms with Crippen LogP contribution < -0.4 is 16.4 Å². The van der Waals surface area contributed by atoms with Gasteiger partial charge in [-0.15, -0.1) is 0 Å². The van der Waals surface area contributed by atoms with Gasteiger partial charge in [0.25, 0.3) is 0 Å². The molecule has 0 bridgehead atoms. The summed E-state index contributed by atoms with van der Waals surface area (Å²) >= 11 is 0. The SMILES string of the molecule is Nc1nc(NCC(F)(F)F)nc(NCC(F)(F)F)n1. The molecule has 0 saturated carbocycles. The van der Waals surface area contributed by atoms with Gasteiger partial charge in [0.1, 0.15) is 13.1 Å². The summed E-state index contributed by atoms with van der Waals surface area (Å²) in [5.74, 6) is -1.66. The van der Waals surface area contributed by atoms with Crippen LogP contribution in [0.2, 0.25) is 0 Å². The summed E-state index contributed by atoms with van der Waals surface area (Å²) in [6.45, 7) is -2.90. The first kappa shape index (κ1) is 15.0. The van der Waals surface area contributed by atoms with Crippen molar-refractivity contribution in [2.75, 3.05) is 29.5 Å². The Morgan fingerprint density at radius 1 is 0.789 bits per heavy atom. The monoisotopic (exact) mass is 290 g/mol. The number of aromatic nitrogens is 3. The van der Waals surface area contributed by atoms with E-state index in [1.165, 1.54) is 0 Å². The molecule has 19 heavy (non-hydrogen) atoms. The van der Waals surface area contributed by atoms with E-state index in [2.05, 4.69) is 15.0 Å². The van der Waals surface area contributed by atoms with Crippen molar-refractivity contribution < 1.29 is 26.3 Å². The summed E-state index contributed by atoms with van der Waals surface area (Å²) in [4.78, 5) is 9.92. The van der Waals surface area contributed by atoms with Gasteiger partial charge in [-0.3, -0.25) is 0 Å². The Kier molecular flexibility index (Phi) is 4.21. The van der Waals surface area contributed by atoms with Gasteiger partial charge in [-0.2, -0.15) is 41.3 Å². The molecule has 0 amide bonds. The average molecular weight is 290 g/mol. The summed E-state index contributed by atoms with van der Waals surface area (Å²) in [5.41, 5.74) is 5.13. The minimum Gasteiger partial charge on any atom is -0.368 e. The van der Waals surface area contributed by atoms with Gasteiger partial charge in [0.15, 0.2) is 0 Å². The second-order valence-electron chi connectivity index (χ2n) is 3.28. The molecule has 0 saturated heterocycles. The van der Waals surface area contributed by atoms with E-state index in [0.29, 0.717) is 0 Å². The van der Waals surface area contributed by atoms with Crippen LogP contribution in [-0.2, 0) is 0 Å². The minimum atomic E-state index is -4.53. The van der Waals surface area contributed by atoms with Crippen LogP contribution >= 0.6 is 0 Å². The molecular weight excluding hydrogens is 282 g/mol. The third kappa shape index (κ3) is 6.47. The Bertz CT molecular complexity index is 393. The zero-order chi connectivity index (χ0) is 14.7. The summed E-state index contributed by atoms with van der Waals surface area (Å²) in [6, 6.07) is 0. The molecule has 0 atom stereocenters. The van der Waals surface area contributed by atoms with Crippen LogP contribution in [0, 0.1) is 0 Å². The van der Waals surface area contributed by atoms with Crippen LogP contribution in [0.4, 0.5) is 44.2 Å². The summed E-state index contributed by atoms with van der Waals surface area (Å²) in [6.07, 6.45) is -9.05. The zero-order valence-corrected chi connectivity index (χ0v) is 9.10. The lowest BCUT2D eigenvalue weighted by Gasteiger charge is -2.11. The molecule has 0 spiro atoms. The van der Waals surface area contributed by atoms with Gasteiger partial charge in [0, 0.05) is 0 Å². The normalized spacial score (nSPS) is 12.3. The Hall–Kier alpha value is -2.01. The molecule has 1 aromatic rings. The first-order valence-corrected chi connectivity index (χ1v) is 4.68. The molecule has 1 aromatic heterocycles. The number of nitrogens with one attached hydrogen (secondary N) is 2. The van der Waals surface area contributed by atoms with Gasteiger partial charge in [-0.05, 0) is 0 Å². The van der Waals surface area contributed by atoms with Crippen molar-refractivity contribution in [2.24, 2.45) is 0 Å².